The molecule has 3 N–H and O–H groups in total. The highest BCUT2D eigenvalue weighted by Crippen LogP contribution is 2.35. The van der Waals surface area contributed by atoms with Gasteiger partial charge in [0.2, 0.25) is 0 Å². The Morgan fingerprint density at radius 1 is 1.17 bits per heavy atom. The number of rotatable bonds is 0. The van der Waals surface area contributed by atoms with E-state index in [1.165, 1.54) is 0 Å². The third-order valence-corrected chi connectivity index (χ3v) is 2.12. The molecule has 0 amide bonds. The summed E-state index contributed by atoms with van der Waals surface area (Å²) >= 11 is 0. The van der Waals surface area contributed by atoms with E-state index in [1.807, 2.05) is 13.0 Å². The number of aromatic hydroxyl groups is 1. The number of anilines is 2. The molecule has 0 saturated carbocycles. The third-order valence-electron chi connectivity index (χ3n) is 2.12. The number of nitrogens with one attached hydrogen (secondary N) is 2. The SMILES string of the molecule is Cc1ccc(O)c2c1NCCN2. The molecule has 1 aromatic rings. The first-order valence-electron chi connectivity index (χ1n) is 4.09. The Morgan fingerprint density at radius 2 is 1.83 bits per heavy atom. The van der Waals surface area contributed by atoms with Gasteiger partial charge in [-0.05, 0) is 18.6 Å². The van der Waals surface area contributed by atoms with Gasteiger partial charge in [-0.1, -0.05) is 6.07 Å². The Morgan fingerprint density at radius 3 is 2.50 bits per heavy atom. The predicted octanol–water partition coefficient (Wildman–Crippen LogP) is 1.54. The first-order chi connectivity index (χ1) is 5.79. The minimum atomic E-state index is 0.322. The van der Waals surface area contributed by atoms with Gasteiger partial charge in [0.15, 0.2) is 0 Å². The van der Waals surface area contributed by atoms with E-state index in [9.17, 15) is 5.11 Å². The fourth-order valence-corrected chi connectivity index (χ4v) is 1.48. The molecule has 0 fully saturated rings. The van der Waals surface area contributed by atoms with Gasteiger partial charge < -0.3 is 15.7 Å². The summed E-state index contributed by atoms with van der Waals surface area (Å²) < 4.78 is 0. The summed E-state index contributed by atoms with van der Waals surface area (Å²) in [5.74, 6) is 0.322. The monoisotopic (exact) mass is 164 g/mol. The van der Waals surface area contributed by atoms with Crippen LogP contribution in [0.15, 0.2) is 12.1 Å². The second kappa shape index (κ2) is 2.59. The molecular weight excluding hydrogens is 152 g/mol. The van der Waals surface area contributed by atoms with Crippen molar-refractivity contribution in [3.63, 3.8) is 0 Å². The van der Waals surface area contributed by atoms with Crippen molar-refractivity contribution in [2.45, 2.75) is 6.92 Å². The Kier molecular flexibility index (Phi) is 1.57. The molecule has 0 unspecified atom stereocenters. The van der Waals surface area contributed by atoms with Crippen molar-refractivity contribution in [3.8, 4) is 5.75 Å². The standard InChI is InChI=1S/C9H12N2O/c1-6-2-3-7(12)9-8(6)10-4-5-11-9/h2-3,10-12H,4-5H2,1H3. The molecule has 0 spiro atoms. The van der Waals surface area contributed by atoms with Gasteiger partial charge in [-0.2, -0.15) is 0 Å². The number of fused-ring (bicyclic) bond motifs is 1. The van der Waals surface area contributed by atoms with E-state index in [2.05, 4.69) is 10.6 Å². The molecule has 0 saturated heterocycles. The lowest BCUT2D eigenvalue weighted by atomic mass is 10.1. The summed E-state index contributed by atoms with van der Waals surface area (Å²) in [6.45, 7) is 3.81. The van der Waals surface area contributed by atoms with Crippen molar-refractivity contribution in [2.75, 3.05) is 23.7 Å². The van der Waals surface area contributed by atoms with Crippen molar-refractivity contribution in [1.29, 1.82) is 0 Å². The lowest BCUT2D eigenvalue weighted by molar-refractivity contribution is 0.477. The number of hydrogen-bond donors (Lipinski definition) is 3. The molecule has 1 aromatic carbocycles. The molecule has 0 aliphatic carbocycles. The van der Waals surface area contributed by atoms with E-state index in [4.69, 9.17) is 0 Å². The van der Waals surface area contributed by atoms with Crippen LogP contribution in [0, 0.1) is 6.92 Å². The highest BCUT2D eigenvalue weighted by Gasteiger charge is 2.13. The van der Waals surface area contributed by atoms with Gasteiger partial charge in [-0.15, -0.1) is 0 Å². The highest BCUT2D eigenvalue weighted by molar-refractivity contribution is 5.79. The number of benzene rings is 1. The van der Waals surface area contributed by atoms with E-state index in [0.717, 1.165) is 30.0 Å². The summed E-state index contributed by atoms with van der Waals surface area (Å²) in [6.07, 6.45) is 0. The molecule has 0 radical (unpaired) electrons. The van der Waals surface area contributed by atoms with Crippen LogP contribution < -0.4 is 10.6 Å². The number of hydrogen-bond acceptors (Lipinski definition) is 3. The van der Waals surface area contributed by atoms with Crippen molar-refractivity contribution >= 4 is 11.4 Å². The minimum absolute atomic E-state index is 0.322. The maximum atomic E-state index is 9.48. The molecule has 12 heavy (non-hydrogen) atoms. The Labute approximate surface area is 71.4 Å². The van der Waals surface area contributed by atoms with E-state index in [-0.39, 0.29) is 0 Å². The molecule has 64 valence electrons. The minimum Gasteiger partial charge on any atom is -0.506 e. The maximum Gasteiger partial charge on any atom is 0.140 e. The van der Waals surface area contributed by atoms with Crippen LogP contribution in [0.25, 0.3) is 0 Å². The second-order valence-electron chi connectivity index (χ2n) is 3.01. The largest absolute Gasteiger partial charge is 0.506 e. The van der Waals surface area contributed by atoms with Crippen LogP contribution in [0.3, 0.4) is 0 Å². The van der Waals surface area contributed by atoms with Crippen molar-refractivity contribution < 1.29 is 5.11 Å². The fraction of sp³-hybridized carbons (Fsp3) is 0.333. The molecule has 0 aromatic heterocycles. The smallest absolute Gasteiger partial charge is 0.140 e. The van der Waals surface area contributed by atoms with E-state index >= 15 is 0 Å². The Bertz CT molecular complexity index is 279. The van der Waals surface area contributed by atoms with E-state index in [1.54, 1.807) is 6.07 Å². The van der Waals surface area contributed by atoms with E-state index in [0.29, 0.717) is 5.75 Å². The predicted molar refractivity (Wildman–Crippen MR) is 49.8 cm³/mol. The lowest BCUT2D eigenvalue weighted by Crippen LogP contribution is -2.21. The molecule has 3 heteroatoms. The fourth-order valence-electron chi connectivity index (χ4n) is 1.48. The third kappa shape index (κ3) is 0.978. The number of phenols is 1. The molecule has 3 nitrogen and oxygen atoms in total. The molecule has 0 atom stereocenters. The van der Waals surface area contributed by atoms with E-state index < -0.39 is 0 Å². The van der Waals surface area contributed by atoms with Gasteiger partial charge in [0.1, 0.15) is 11.4 Å². The second-order valence-corrected chi connectivity index (χ2v) is 3.01. The van der Waals surface area contributed by atoms with Crippen LogP contribution in [-0.4, -0.2) is 18.2 Å². The molecule has 1 heterocycles. The molecule has 0 bridgehead atoms. The molecule has 1 aliphatic heterocycles. The zero-order chi connectivity index (χ0) is 8.55. The van der Waals surface area contributed by atoms with Gasteiger partial charge in [0, 0.05) is 13.1 Å². The van der Waals surface area contributed by atoms with Gasteiger partial charge >= 0.3 is 0 Å². The average molecular weight is 164 g/mol. The average Bonchev–Trinajstić information content (AvgIpc) is 2.12. The van der Waals surface area contributed by atoms with Crippen molar-refractivity contribution in [1.82, 2.24) is 0 Å². The number of aryl methyl sites for hydroxylation is 1. The molecule has 1 aliphatic rings. The molecule has 2 rings (SSSR count). The summed E-state index contributed by atoms with van der Waals surface area (Å²) in [4.78, 5) is 0. The van der Waals surface area contributed by atoms with Crippen LogP contribution in [0.2, 0.25) is 0 Å². The topological polar surface area (TPSA) is 44.3 Å². The Hall–Kier alpha value is -1.38. The first-order valence-corrected chi connectivity index (χ1v) is 4.09. The van der Waals surface area contributed by atoms with Crippen LogP contribution in [-0.2, 0) is 0 Å². The highest BCUT2D eigenvalue weighted by atomic mass is 16.3. The summed E-state index contributed by atoms with van der Waals surface area (Å²) in [7, 11) is 0. The summed E-state index contributed by atoms with van der Waals surface area (Å²) in [5, 5.41) is 15.9. The van der Waals surface area contributed by atoms with Gasteiger partial charge in [-0.3, -0.25) is 0 Å². The zero-order valence-corrected chi connectivity index (χ0v) is 7.02. The molecular formula is C9H12N2O. The van der Waals surface area contributed by atoms with Gasteiger partial charge in [0.05, 0.1) is 5.69 Å². The summed E-state index contributed by atoms with van der Waals surface area (Å²) in [6, 6.07) is 3.63. The van der Waals surface area contributed by atoms with Crippen LogP contribution in [0.5, 0.6) is 5.75 Å². The number of phenolic OH excluding ortho intramolecular Hbond substituents is 1. The normalized spacial score (nSPS) is 14.4. The summed E-state index contributed by atoms with van der Waals surface area (Å²) in [5.41, 5.74) is 3.03. The van der Waals surface area contributed by atoms with Crippen molar-refractivity contribution in [3.05, 3.63) is 17.7 Å². The van der Waals surface area contributed by atoms with Gasteiger partial charge in [-0.25, -0.2) is 0 Å². The van der Waals surface area contributed by atoms with Gasteiger partial charge in [0.25, 0.3) is 0 Å². The van der Waals surface area contributed by atoms with Crippen LogP contribution >= 0.6 is 0 Å². The first kappa shape index (κ1) is 7.28. The maximum absolute atomic E-state index is 9.48. The Balaban J connectivity index is 2.57. The van der Waals surface area contributed by atoms with Crippen LogP contribution in [0.1, 0.15) is 5.56 Å². The van der Waals surface area contributed by atoms with Crippen molar-refractivity contribution in [2.24, 2.45) is 0 Å². The van der Waals surface area contributed by atoms with Crippen LogP contribution in [0.4, 0.5) is 11.4 Å². The lowest BCUT2D eigenvalue weighted by Gasteiger charge is -2.22. The quantitative estimate of drug-likeness (QED) is 0.509. The zero-order valence-electron chi connectivity index (χ0n) is 7.02.